The number of halogens is 2. The smallest absolute Gasteiger partial charge is 0.319 e. The fourth-order valence-electron chi connectivity index (χ4n) is 2.47. The second kappa shape index (κ2) is 9.35. The normalized spacial score (nSPS) is 10.4. The van der Waals surface area contributed by atoms with Gasteiger partial charge in [-0.05, 0) is 53.2 Å². The minimum absolute atomic E-state index is 0.241. The SMILES string of the molecule is Cc1ccc(NC(=O)NCCNC(=O)c2ccc(Cl)c(Cl)c2)cc1-n1cnnn1. The molecule has 150 valence electrons. The number of anilines is 1. The van der Waals surface area contributed by atoms with Crippen LogP contribution in [0.1, 0.15) is 15.9 Å². The molecule has 0 bridgehead atoms. The second-order valence-corrected chi connectivity index (χ2v) is 6.84. The number of nitrogens with zero attached hydrogens (tertiary/aromatic N) is 4. The number of hydrogen-bond acceptors (Lipinski definition) is 5. The van der Waals surface area contributed by atoms with Crippen molar-refractivity contribution in [2.45, 2.75) is 6.92 Å². The zero-order valence-corrected chi connectivity index (χ0v) is 16.8. The number of rotatable bonds is 6. The largest absolute Gasteiger partial charge is 0.350 e. The summed E-state index contributed by atoms with van der Waals surface area (Å²) in [4.78, 5) is 24.1. The summed E-state index contributed by atoms with van der Waals surface area (Å²) < 4.78 is 1.51. The zero-order chi connectivity index (χ0) is 20.8. The van der Waals surface area contributed by atoms with Crippen LogP contribution in [0.4, 0.5) is 10.5 Å². The Morgan fingerprint density at radius 3 is 2.55 bits per heavy atom. The number of urea groups is 1. The number of tetrazole rings is 1. The number of hydrogen-bond donors (Lipinski definition) is 3. The van der Waals surface area contributed by atoms with Crippen molar-refractivity contribution in [2.24, 2.45) is 0 Å². The van der Waals surface area contributed by atoms with Crippen LogP contribution in [0.2, 0.25) is 10.0 Å². The van der Waals surface area contributed by atoms with E-state index in [2.05, 4.69) is 31.5 Å². The van der Waals surface area contributed by atoms with Crippen molar-refractivity contribution in [1.29, 1.82) is 0 Å². The van der Waals surface area contributed by atoms with Crippen molar-refractivity contribution in [2.75, 3.05) is 18.4 Å². The van der Waals surface area contributed by atoms with Crippen LogP contribution in [0.5, 0.6) is 0 Å². The molecule has 0 aliphatic heterocycles. The van der Waals surface area contributed by atoms with Crippen LogP contribution < -0.4 is 16.0 Å². The van der Waals surface area contributed by atoms with Gasteiger partial charge in [-0.1, -0.05) is 29.3 Å². The number of nitrogens with one attached hydrogen (secondary N) is 3. The molecule has 0 saturated carbocycles. The Hall–Kier alpha value is -3.17. The summed E-state index contributed by atoms with van der Waals surface area (Å²) >= 11 is 11.7. The molecule has 3 rings (SSSR count). The topological polar surface area (TPSA) is 114 Å². The van der Waals surface area contributed by atoms with E-state index in [1.54, 1.807) is 24.3 Å². The molecule has 3 amide bonds. The van der Waals surface area contributed by atoms with Gasteiger partial charge in [-0.15, -0.1) is 5.10 Å². The lowest BCUT2D eigenvalue weighted by Crippen LogP contribution is -2.36. The van der Waals surface area contributed by atoms with E-state index >= 15 is 0 Å². The van der Waals surface area contributed by atoms with Gasteiger partial charge in [0.1, 0.15) is 6.33 Å². The van der Waals surface area contributed by atoms with Gasteiger partial charge in [-0.2, -0.15) is 0 Å². The summed E-state index contributed by atoms with van der Waals surface area (Å²) in [6.07, 6.45) is 1.47. The van der Waals surface area contributed by atoms with Crippen LogP contribution in [-0.4, -0.2) is 45.2 Å². The minimum atomic E-state index is -0.402. The highest BCUT2D eigenvalue weighted by Gasteiger charge is 2.09. The number of amides is 3. The average molecular weight is 434 g/mol. The van der Waals surface area contributed by atoms with Crippen LogP contribution >= 0.6 is 23.2 Å². The average Bonchev–Trinajstić information content (AvgIpc) is 3.23. The number of benzene rings is 2. The zero-order valence-electron chi connectivity index (χ0n) is 15.3. The van der Waals surface area contributed by atoms with Crippen LogP contribution in [0.15, 0.2) is 42.7 Å². The number of aryl methyl sites for hydroxylation is 1. The molecule has 0 aliphatic rings. The third-order valence-electron chi connectivity index (χ3n) is 3.94. The molecule has 11 heteroatoms. The molecule has 0 radical (unpaired) electrons. The fraction of sp³-hybridized carbons (Fsp3) is 0.167. The summed E-state index contributed by atoms with van der Waals surface area (Å²) in [6, 6.07) is 9.59. The lowest BCUT2D eigenvalue weighted by Gasteiger charge is -2.11. The van der Waals surface area contributed by atoms with Crippen LogP contribution in [0.3, 0.4) is 0 Å². The maximum Gasteiger partial charge on any atom is 0.319 e. The third-order valence-corrected chi connectivity index (χ3v) is 4.68. The van der Waals surface area contributed by atoms with E-state index < -0.39 is 6.03 Å². The standard InChI is InChI=1S/C18H17Cl2N7O2/c1-11-2-4-13(9-16(11)27-10-23-25-26-27)24-18(29)22-7-6-21-17(28)12-3-5-14(19)15(20)8-12/h2-5,8-10H,6-7H2,1H3,(H,21,28)(H2,22,24,29). The molecule has 0 fully saturated rings. The molecule has 0 atom stereocenters. The summed E-state index contributed by atoms with van der Waals surface area (Å²) in [5.74, 6) is -0.310. The molecule has 3 N–H and O–H groups in total. The first-order chi connectivity index (χ1) is 13.9. The summed E-state index contributed by atoms with van der Waals surface area (Å²) in [7, 11) is 0. The highest BCUT2D eigenvalue weighted by atomic mass is 35.5. The van der Waals surface area contributed by atoms with Gasteiger partial charge in [-0.3, -0.25) is 4.79 Å². The Bertz CT molecular complexity index is 1030. The van der Waals surface area contributed by atoms with Gasteiger partial charge in [0.2, 0.25) is 0 Å². The maximum absolute atomic E-state index is 12.1. The first kappa shape index (κ1) is 20.6. The molecule has 0 spiro atoms. The molecule has 1 heterocycles. The molecule has 2 aromatic carbocycles. The van der Waals surface area contributed by atoms with Gasteiger partial charge >= 0.3 is 6.03 Å². The predicted molar refractivity (Wildman–Crippen MR) is 110 cm³/mol. The van der Waals surface area contributed by atoms with E-state index in [0.29, 0.717) is 21.3 Å². The van der Waals surface area contributed by atoms with E-state index in [1.807, 2.05) is 13.0 Å². The molecule has 0 unspecified atom stereocenters. The number of carbonyl (C=O) groups is 2. The Morgan fingerprint density at radius 1 is 1.03 bits per heavy atom. The number of carbonyl (C=O) groups excluding carboxylic acids is 2. The lowest BCUT2D eigenvalue weighted by molar-refractivity contribution is 0.0954. The van der Waals surface area contributed by atoms with Gasteiger partial charge in [0.05, 0.1) is 15.7 Å². The third kappa shape index (κ3) is 5.43. The van der Waals surface area contributed by atoms with Gasteiger partial charge in [0, 0.05) is 24.3 Å². The van der Waals surface area contributed by atoms with Crippen LogP contribution in [0.25, 0.3) is 5.69 Å². The molecule has 9 nitrogen and oxygen atoms in total. The Labute approximate surface area is 176 Å². The monoisotopic (exact) mass is 433 g/mol. The van der Waals surface area contributed by atoms with Crippen molar-refractivity contribution in [3.63, 3.8) is 0 Å². The second-order valence-electron chi connectivity index (χ2n) is 6.02. The molecule has 0 aliphatic carbocycles. The van der Waals surface area contributed by atoms with Gasteiger partial charge in [0.15, 0.2) is 0 Å². The predicted octanol–water partition coefficient (Wildman–Crippen LogP) is 2.83. The van der Waals surface area contributed by atoms with Crippen molar-refractivity contribution >= 4 is 40.8 Å². The molecular formula is C18H17Cl2N7O2. The Kier molecular flexibility index (Phi) is 6.63. The van der Waals surface area contributed by atoms with Crippen LogP contribution in [-0.2, 0) is 0 Å². The molecule has 0 saturated heterocycles. The van der Waals surface area contributed by atoms with Crippen molar-refractivity contribution < 1.29 is 9.59 Å². The first-order valence-electron chi connectivity index (χ1n) is 8.56. The lowest BCUT2D eigenvalue weighted by atomic mass is 10.2. The highest BCUT2D eigenvalue weighted by Crippen LogP contribution is 2.22. The fourth-order valence-corrected chi connectivity index (χ4v) is 2.77. The number of aromatic nitrogens is 4. The van der Waals surface area contributed by atoms with Gasteiger partial charge in [-0.25, -0.2) is 9.48 Å². The molecule has 29 heavy (non-hydrogen) atoms. The summed E-state index contributed by atoms with van der Waals surface area (Å²) in [6.45, 7) is 2.40. The minimum Gasteiger partial charge on any atom is -0.350 e. The van der Waals surface area contributed by atoms with E-state index in [-0.39, 0.29) is 19.0 Å². The summed E-state index contributed by atoms with van der Waals surface area (Å²) in [5.41, 5.74) is 2.67. The van der Waals surface area contributed by atoms with E-state index in [1.165, 1.54) is 17.1 Å². The molecule has 1 aromatic heterocycles. The Morgan fingerprint density at radius 2 is 1.83 bits per heavy atom. The molecular weight excluding hydrogens is 417 g/mol. The summed E-state index contributed by atoms with van der Waals surface area (Å²) in [5, 5.41) is 19.8. The quantitative estimate of drug-likeness (QED) is 0.517. The molecule has 3 aromatic rings. The van der Waals surface area contributed by atoms with Crippen LogP contribution in [0, 0.1) is 6.92 Å². The van der Waals surface area contributed by atoms with Crippen molar-refractivity contribution in [3.05, 3.63) is 63.9 Å². The van der Waals surface area contributed by atoms with Crippen molar-refractivity contribution in [1.82, 2.24) is 30.8 Å². The van der Waals surface area contributed by atoms with E-state index in [9.17, 15) is 9.59 Å². The highest BCUT2D eigenvalue weighted by molar-refractivity contribution is 6.42. The first-order valence-corrected chi connectivity index (χ1v) is 9.32. The van der Waals surface area contributed by atoms with E-state index in [0.717, 1.165) is 11.3 Å². The Balaban J connectivity index is 1.47. The van der Waals surface area contributed by atoms with Gasteiger partial charge in [0.25, 0.3) is 5.91 Å². The van der Waals surface area contributed by atoms with E-state index in [4.69, 9.17) is 23.2 Å². The van der Waals surface area contributed by atoms with Crippen molar-refractivity contribution in [3.8, 4) is 5.69 Å². The van der Waals surface area contributed by atoms with Gasteiger partial charge < -0.3 is 16.0 Å². The maximum atomic E-state index is 12.1.